The van der Waals surface area contributed by atoms with Crippen molar-refractivity contribution in [2.45, 2.75) is 18.6 Å². The summed E-state index contributed by atoms with van der Waals surface area (Å²) in [4.78, 5) is 14.8. The van der Waals surface area contributed by atoms with E-state index in [1.165, 1.54) is 24.4 Å². The Kier molecular flexibility index (Phi) is 5.52. The highest BCUT2D eigenvalue weighted by atomic mass is 16.6. The SMILES string of the molecule is CC(N=Cc1cccc([N+](=O)[O-])c1O)C(O)(c1ccccc1)c1ccccc1. The fourth-order valence-electron chi connectivity index (χ4n) is 3.13. The first-order valence-corrected chi connectivity index (χ1v) is 8.77. The fraction of sp³-hybridized carbons (Fsp3) is 0.136. The summed E-state index contributed by atoms with van der Waals surface area (Å²) in [6.45, 7) is 1.75. The Labute approximate surface area is 162 Å². The molecule has 0 spiro atoms. The van der Waals surface area contributed by atoms with Crippen molar-refractivity contribution in [2.24, 2.45) is 4.99 Å². The topological polar surface area (TPSA) is 96.0 Å². The van der Waals surface area contributed by atoms with Crippen LogP contribution in [0.15, 0.2) is 83.9 Å². The summed E-state index contributed by atoms with van der Waals surface area (Å²) in [5, 5.41) is 32.7. The van der Waals surface area contributed by atoms with E-state index in [4.69, 9.17) is 0 Å². The van der Waals surface area contributed by atoms with Crippen molar-refractivity contribution in [1.29, 1.82) is 0 Å². The van der Waals surface area contributed by atoms with E-state index < -0.39 is 28.0 Å². The minimum absolute atomic E-state index is 0.213. The smallest absolute Gasteiger partial charge is 0.311 e. The van der Waals surface area contributed by atoms with Crippen LogP contribution in [0.4, 0.5) is 5.69 Å². The standard InChI is InChI=1S/C22H20N2O4/c1-16(23-15-17-9-8-14-20(21(17)25)24(27)28)22(26,18-10-4-2-5-11-18)19-12-6-3-7-13-19/h2-16,25-26H,1H3. The summed E-state index contributed by atoms with van der Waals surface area (Å²) in [5.41, 5.74) is -0.235. The van der Waals surface area contributed by atoms with E-state index in [0.717, 1.165) is 0 Å². The van der Waals surface area contributed by atoms with Gasteiger partial charge in [0.2, 0.25) is 5.75 Å². The van der Waals surface area contributed by atoms with E-state index in [1.807, 2.05) is 60.7 Å². The van der Waals surface area contributed by atoms with Crippen LogP contribution in [0.3, 0.4) is 0 Å². The summed E-state index contributed by atoms with van der Waals surface area (Å²) >= 11 is 0. The van der Waals surface area contributed by atoms with Crippen LogP contribution in [0.5, 0.6) is 5.75 Å². The molecule has 3 rings (SSSR count). The lowest BCUT2D eigenvalue weighted by molar-refractivity contribution is -0.385. The summed E-state index contributed by atoms with van der Waals surface area (Å²) in [6.07, 6.45) is 1.35. The van der Waals surface area contributed by atoms with Crippen molar-refractivity contribution in [1.82, 2.24) is 0 Å². The zero-order valence-electron chi connectivity index (χ0n) is 15.3. The lowest BCUT2D eigenvalue weighted by Gasteiger charge is -2.33. The first-order valence-electron chi connectivity index (χ1n) is 8.77. The zero-order chi connectivity index (χ0) is 20.1. The number of aliphatic imine (C=N–C) groups is 1. The Morgan fingerprint density at radius 3 is 2.00 bits per heavy atom. The van der Waals surface area contributed by atoms with Crippen molar-refractivity contribution in [3.8, 4) is 5.75 Å². The molecule has 0 fully saturated rings. The molecule has 0 aliphatic heterocycles. The van der Waals surface area contributed by atoms with Crippen LogP contribution in [0, 0.1) is 10.1 Å². The second kappa shape index (κ2) is 8.02. The monoisotopic (exact) mass is 376 g/mol. The van der Waals surface area contributed by atoms with Gasteiger partial charge in [-0.15, -0.1) is 0 Å². The molecule has 0 heterocycles. The largest absolute Gasteiger partial charge is 0.502 e. The number of nitrogens with zero attached hydrogens (tertiary/aromatic N) is 2. The number of aromatic hydroxyl groups is 1. The highest BCUT2D eigenvalue weighted by molar-refractivity contribution is 5.85. The highest BCUT2D eigenvalue weighted by Gasteiger charge is 2.37. The van der Waals surface area contributed by atoms with Crippen LogP contribution in [0.25, 0.3) is 0 Å². The molecular weight excluding hydrogens is 356 g/mol. The maximum atomic E-state index is 11.6. The molecule has 6 nitrogen and oxygen atoms in total. The van der Waals surface area contributed by atoms with Gasteiger partial charge in [-0.2, -0.15) is 0 Å². The number of hydrogen-bond acceptors (Lipinski definition) is 5. The van der Waals surface area contributed by atoms with Crippen LogP contribution in [0.2, 0.25) is 0 Å². The van der Waals surface area contributed by atoms with E-state index >= 15 is 0 Å². The predicted molar refractivity (Wildman–Crippen MR) is 108 cm³/mol. The van der Waals surface area contributed by atoms with E-state index in [0.29, 0.717) is 11.1 Å². The minimum Gasteiger partial charge on any atom is -0.502 e. The second-order valence-electron chi connectivity index (χ2n) is 6.42. The van der Waals surface area contributed by atoms with Crippen LogP contribution in [-0.2, 0) is 5.60 Å². The van der Waals surface area contributed by atoms with Crippen molar-refractivity contribution < 1.29 is 15.1 Å². The Bertz CT molecular complexity index is 948. The molecular formula is C22H20N2O4. The second-order valence-corrected chi connectivity index (χ2v) is 6.42. The number of benzene rings is 3. The normalized spacial score (nSPS) is 12.8. The van der Waals surface area contributed by atoms with Gasteiger partial charge in [0.1, 0.15) is 5.60 Å². The van der Waals surface area contributed by atoms with Gasteiger partial charge in [-0.3, -0.25) is 15.1 Å². The molecule has 2 N–H and O–H groups in total. The maximum absolute atomic E-state index is 11.6. The number of rotatable bonds is 6. The first-order chi connectivity index (χ1) is 13.4. The molecule has 28 heavy (non-hydrogen) atoms. The van der Waals surface area contributed by atoms with E-state index in [9.17, 15) is 20.3 Å². The lowest BCUT2D eigenvalue weighted by atomic mass is 9.81. The van der Waals surface area contributed by atoms with Gasteiger partial charge in [0, 0.05) is 17.8 Å². The van der Waals surface area contributed by atoms with Gasteiger partial charge in [0.25, 0.3) is 0 Å². The van der Waals surface area contributed by atoms with Crippen molar-refractivity contribution in [3.63, 3.8) is 0 Å². The molecule has 0 aliphatic carbocycles. The number of nitro groups is 1. The maximum Gasteiger partial charge on any atom is 0.311 e. The minimum atomic E-state index is -1.41. The lowest BCUT2D eigenvalue weighted by Crippen LogP contribution is -2.38. The first kappa shape index (κ1) is 19.3. The Morgan fingerprint density at radius 2 is 1.50 bits per heavy atom. The molecule has 0 amide bonds. The van der Waals surface area contributed by atoms with Crippen molar-refractivity contribution in [2.75, 3.05) is 0 Å². The molecule has 0 bridgehead atoms. The van der Waals surface area contributed by atoms with Crippen LogP contribution in [-0.4, -0.2) is 27.4 Å². The Balaban J connectivity index is 2.02. The average molecular weight is 376 g/mol. The highest BCUT2D eigenvalue weighted by Crippen LogP contribution is 2.35. The number of aliphatic hydroxyl groups is 1. The van der Waals surface area contributed by atoms with Gasteiger partial charge in [-0.25, -0.2) is 0 Å². The van der Waals surface area contributed by atoms with Crippen molar-refractivity contribution in [3.05, 3.63) is 106 Å². The number of hydrogen-bond donors (Lipinski definition) is 2. The molecule has 6 heteroatoms. The molecule has 0 aromatic heterocycles. The number of para-hydroxylation sites is 1. The molecule has 3 aromatic rings. The van der Waals surface area contributed by atoms with Gasteiger partial charge in [-0.1, -0.05) is 66.7 Å². The molecule has 142 valence electrons. The third-order valence-corrected chi connectivity index (χ3v) is 4.71. The van der Waals surface area contributed by atoms with Gasteiger partial charge in [0.05, 0.1) is 11.0 Å². The Morgan fingerprint density at radius 1 is 0.964 bits per heavy atom. The molecule has 1 atom stereocenters. The van der Waals surface area contributed by atoms with Gasteiger partial charge in [-0.05, 0) is 24.1 Å². The number of phenols is 1. The van der Waals surface area contributed by atoms with Gasteiger partial charge < -0.3 is 10.2 Å². The summed E-state index contributed by atoms with van der Waals surface area (Å²) in [7, 11) is 0. The summed E-state index contributed by atoms with van der Waals surface area (Å²) < 4.78 is 0. The van der Waals surface area contributed by atoms with E-state index in [-0.39, 0.29) is 5.56 Å². The summed E-state index contributed by atoms with van der Waals surface area (Å²) in [5.74, 6) is -0.452. The third kappa shape index (κ3) is 3.63. The zero-order valence-corrected chi connectivity index (χ0v) is 15.3. The predicted octanol–water partition coefficient (Wildman–Crippen LogP) is 4.04. The number of nitro benzene ring substituents is 1. The molecule has 0 saturated heterocycles. The van der Waals surface area contributed by atoms with E-state index in [1.54, 1.807) is 6.92 Å². The average Bonchev–Trinajstić information content (AvgIpc) is 2.73. The number of phenolic OH excluding ortho intramolecular Hbond substituents is 1. The third-order valence-electron chi connectivity index (χ3n) is 4.71. The molecule has 0 aliphatic rings. The Hall–Kier alpha value is -3.51. The van der Waals surface area contributed by atoms with Crippen molar-refractivity contribution >= 4 is 11.9 Å². The van der Waals surface area contributed by atoms with Gasteiger partial charge >= 0.3 is 5.69 Å². The molecule has 3 aromatic carbocycles. The molecule has 0 saturated carbocycles. The van der Waals surface area contributed by atoms with Crippen LogP contribution < -0.4 is 0 Å². The molecule has 1 unspecified atom stereocenters. The van der Waals surface area contributed by atoms with Gasteiger partial charge in [0.15, 0.2) is 0 Å². The van der Waals surface area contributed by atoms with Crippen LogP contribution in [0.1, 0.15) is 23.6 Å². The van der Waals surface area contributed by atoms with E-state index in [2.05, 4.69) is 4.99 Å². The molecule has 0 radical (unpaired) electrons. The van der Waals surface area contributed by atoms with Crippen LogP contribution >= 0.6 is 0 Å². The quantitative estimate of drug-likeness (QED) is 0.385. The summed E-state index contributed by atoms with van der Waals surface area (Å²) in [6, 6.07) is 22.0. The fourth-order valence-corrected chi connectivity index (χ4v) is 3.13.